The van der Waals surface area contributed by atoms with Gasteiger partial charge < -0.3 is 20.1 Å². The number of hydrogen-bond donors (Lipinski definition) is 3. The lowest BCUT2D eigenvalue weighted by molar-refractivity contribution is -0.0812. The third kappa shape index (κ3) is 3.77. The number of esters is 1. The Labute approximate surface area is 118 Å². The van der Waals surface area contributed by atoms with E-state index in [1.807, 2.05) is 0 Å². The highest BCUT2D eigenvalue weighted by Crippen LogP contribution is 2.26. The highest BCUT2D eigenvalue weighted by molar-refractivity contribution is 9.11. The summed E-state index contributed by atoms with van der Waals surface area (Å²) in [6.07, 6.45) is -1.76. The van der Waals surface area contributed by atoms with E-state index in [0.717, 1.165) is 0 Å². The van der Waals surface area contributed by atoms with Crippen LogP contribution in [0, 0.1) is 0 Å². The summed E-state index contributed by atoms with van der Waals surface area (Å²) in [5.74, 6) is -1.94. The lowest BCUT2D eigenvalue weighted by Gasteiger charge is -2.09. The predicted octanol–water partition coefficient (Wildman–Crippen LogP) is 1.38. The second kappa shape index (κ2) is 6.28. The molecule has 0 aromatic heterocycles. The number of hydrogen-bond acceptors (Lipinski definition) is 5. The number of rotatable bonds is 4. The van der Waals surface area contributed by atoms with Gasteiger partial charge in [0.25, 0.3) is 0 Å². The van der Waals surface area contributed by atoms with Crippen molar-refractivity contribution in [2.24, 2.45) is 0 Å². The van der Waals surface area contributed by atoms with Crippen LogP contribution in [-0.2, 0) is 4.74 Å². The minimum atomic E-state index is -1.76. The van der Waals surface area contributed by atoms with Crippen LogP contribution in [-0.4, -0.2) is 40.2 Å². The van der Waals surface area contributed by atoms with Crippen molar-refractivity contribution in [3.05, 3.63) is 32.2 Å². The fourth-order valence-corrected chi connectivity index (χ4v) is 2.11. The molecular weight excluding hydrogens is 376 g/mol. The zero-order valence-corrected chi connectivity index (χ0v) is 11.9. The van der Waals surface area contributed by atoms with E-state index in [1.165, 1.54) is 12.1 Å². The van der Waals surface area contributed by atoms with Crippen molar-refractivity contribution in [3.8, 4) is 0 Å². The molecule has 0 saturated heterocycles. The average Bonchev–Trinajstić information content (AvgIpc) is 2.28. The number of carboxylic acids is 1. The first-order chi connectivity index (χ1) is 8.32. The van der Waals surface area contributed by atoms with Crippen molar-refractivity contribution in [3.63, 3.8) is 0 Å². The Balaban J connectivity index is 3.01. The number of carbonyl (C=O) groups excluding carboxylic acids is 1. The number of aliphatic hydroxyl groups is 2. The standard InChI is InChI=1S/C10H8Br2O6/c11-6-2-5(10(17)18-3-8(13)14)7(12)1-4(6)9(15)16/h1-2,8,13-14H,3H2,(H,15,16). The first-order valence-electron chi connectivity index (χ1n) is 4.58. The van der Waals surface area contributed by atoms with Crippen molar-refractivity contribution >= 4 is 43.8 Å². The van der Waals surface area contributed by atoms with Gasteiger partial charge >= 0.3 is 11.9 Å². The first-order valence-corrected chi connectivity index (χ1v) is 6.17. The SMILES string of the molecule is O=C(O)c1cc(Br)c(C(=O)OCC(O)O)cc1Br. The quantitative estimate of drug-likeness (QED) is 0.536. The average molecular weight is 384 g/mol. The molecule has 0 aliphatic rings. The summed E-state index contributed by atoms with van der Waals surface area (Å²) in [5.41, 5.74) is 0.0631. The van der Waals surface area contributed by atoms with Gasteiger partial charge in [0.05, 0.1) is 11.1 Å². The molecule has 0 atom stereocenters. The molecule has 0 unspecified atom stereocenters. The van der Waals surface area contributed by atoms with Crippen LogP contribution in [0.2, 0.25) is 0 Å². The molecule has 0 heterocycles. The highest BCUT2D eigenvalue weighted by atomic mass is 79.9. The fraction of sp³-hybridized carbons (Fsp3) is 0.200. The van der Waals surface area contributed by atoms with Crippen molar-refractivity contribution in [2.75, 3.05) is 6.61 Å². The summed E-state index contributed by atoms with van der Waals surface area (Å²) in [7, 11) is 0. The molecule has 18 heavy (non-hydrogen) atoms. The van der Waals surface area contributed by atoms with E-state index in [1.54, 1.807) is 0 Å². The Bertz CT molecular complexity index is 486. The van der Waals surface area contributed by atoms with Gasteiger partial charge in [0.2, 0.25) is 0 Å². The Kier molecular flexibility index (Phi) is 5.27. The molecule has 0 aliphatic carbocycles. The number of carbonyl (C=O) groups is 2. The topological polar surface area (TPSA) is 104 Å². The summed E-state index contributed by atoms with van der Waals surface area (Å²) in [5, 5.41) is 26.0. The largest absolute Gasteiger partial charge is 0.478 e. The number of carboxylic acid groups (broad SMARTS) is 1. The molecule has 1 aromatic rings. The number of aromatic carboxylic acids is 1. The number of aliphatic hydroxyl groups excluding tert-OH is 1. The van der Waals surface area contributed by atoms with Crippen LogP contribution in [0.5, 0.6) is 0 Å². The summed E-state index contributed by atoms with van der Waals surface area (Å²) < 4.78 is 5.04. The van der Waals surface area contributed by atoms with Gasteiger partial charge in [0, 0.05) is 8.95 Å². The van der Waals surface area contributed by atoms with E-state index >= 15 is 0 Å². The van der Waals surface area contributed by atoms with Gasteiger partial charge in [-0.25, -0.2) is 9.59 Å². The van der Waals surface area contributed by atoms with Gasteiger partial charge in [-0.3, -0.25) is 0 Å². The minimum absolute atomic E-state index is 0.0133. The van der Waals surface area contributed by atoms with Gasteiger partial charge in [-0.15, -0.1) is 0 Å². The van der Waals surface area contributed by atoms with Crippen LogP contribution in [0.4, 0.5) is 0 Å². The van der Waals surface area contributed by atoms with E-state index in [2.05, 4.69) is 36.6 Å². The van der Waals surface area contributed by atoms with Crippen LogP contribution in [0.1, 0.15) is 20.7 Å². The summed E-state index contributed by atoms with van der Waals surface area (Å²) in [4.78, 5) is 22.4. The maximum Gasteiger partial charge on any atom is 0.339 e. The molecule has 8 heteroatoms. The lowest BCUT2D eigenvalue weighted by atomic mass is 10.1. The maximum atomic E-state index is 11.6. The molecule has 1 rings (SSSR count). The first kappa shape index (κ1) is 15.1. The zero-order chi connectivity index (χ0) is 13.9. The van der Waals surface area contributed by atoms with Gasteiger partial charge in [-0.05, 0) is 44.0 Å². The van der Waals surface area contributed by atoms with Crippen LogP contribution < -0.4 is 0 Å². The molecule has 3 N–H and O–H groups in total. The van der Waals surface area contributed by atoms with Crippen LogP contribution >= 0.6 is 31.9 Å². The Hall–Kier alpha value is -0.960. The number of ether oxygens (including phenoxy) is 1. The van der Waals surface area contributed by atoms with Gasteiger partial charge in [-0.2, -0.15) is 0 Å². The lowest BCUT2D eigenvalue weighted by Crippen LogP contribution is -2.18. The minimum Gasteiger partial charge on any atom is -0.478 e. The zero-order valence-electron chi connectivity index (χ0n) is 8.76. The van der Waals surface area contributed by atoms with Crippen molar-refractivity contribution in [1.29, 1.82) is 0 Å². The molecule has 1 aromatic carbocycles. The molecule has 0 amide bonds. The maximum absolute atomic E-state index is 11.6. The van der Waals surface area contributed by atoms with E-state index in [9.17, 15) is 9.59 Å². The molecule has 0 bridgehead atoms. The Morgan fingerprint density at radius 1 is 1.17 bits per heavy atom. The highest BCUT2D eigenvalue weighted by Gasteiger charge is 2.18. The van der Waals surface area contributed by atoms with Crippen LogP contribution in [0.15, 0.2) is 21.1 Å². The van der Waals surface area contributed by atoms with Gasteiger partial charge in [-0.1, -0.05) is 0 Å². The summed E-state index contributed by atoms with van der Waals surface area (Å²) in [6, 6.07) is 2.53. The van der Waals surface area contributed by atoms with Gasteiger partial charge in [0.1, 0.15) is 6.61 Å². The van der Waals surface area contributed by atoms with Crippen molar-refractivity contribution in [1.82, 2.24) is 0 Å². The second-order valence-corrected chi connectivity index (χ2v) is 4.90. The summed E-state index contributed by atoms with van der Waals surface area (Å²) in [6.45, 7) is -0.566. The molecular formula is C10H8Br2O6. The molecule has 0 fully saturated rings. The van der Waals surface area contributed by atoms with Crippen LogP contribution in [0.25, 0.3) is 0 Å². The van der Waals surface area contributed by atoms with Crippen molar-refractivity contribution in [2.45, 2.75) is 6.29 Å². The number of benzene rings is 1. The molecule has 0 radical (unpaired) electrons. The van der Waals surface area contributed by atoms with E-state index in [0.29, 0.717) is 0 Å². The van der Waals surface area contributed by atoms with Crippen molar-refractivity contribution < 1.29 is 29.6 Å². The predicted molar refractivity (Wildman–Crippen MR) is 67.3 cm³/mol. The fourth-order valence-electron chi connectivity index (χ4n) is 1.10. The third-order valence-corrected chi connectivity index (χ3v) is 3.18. The smallest absolute Gasteiger partial charge is 0.339 e. The molecule has 0 aliphatic heterocycles. The molecule has 0 saturated carbocycles. The molecule has 98 valence electrons. The molecule has 6 nitrogen and oxygen atoms in total. The second-order valence-electron chi connectivity index (χ2n) is 3.20. The van der Waals surface area contributed by atoms with E-state index < -0.39 is 24.8 Å². The normalized spacial score (nSPS) is 10.5. The van der Waals surface area contributed by atoms with E-state index in [-0.39, 0.29) is 20.1 Å². The Morgan fingerprint density at radius 3 is 2.17 bits per heavy atom. The van der Waals surface area contributed by atoms with Gasteiger partial charge in [0.15, 0.2) is 6.29 Å². The number of halogens is 2. The summed E-state index contributed by atoms with van der Waals surface area (Å²) >= 11 is 6.07. The third-order valence-electron chi connectivity index (χ3n) is 1.87. The monoisotopic (exact) mass is 382 g/mol. The molecule has 0 spiro atoms. The Morgan fingerprint density at radius 2 is 1.67 bits per heavy atom. The van der Waals surface area contributed by atoms with Crippen LogP contribution in [0.3, 0.4) is 0 Å². The van der Waals surface area contributed by atoms with E-state index in [4.69, 9.17) is 15.3 Å².